The lowest BCUT2D eigenvalue weighted by Crippen LogP contribution is -2.08. The van der Waals surface area contributed by atoms with Gasteiger partial charge in [0.1, 0.15) is 0 Å². The molecule has 3 nitrogen and oxygen atoms in total. The van der Waals surface area contributed by atoms with Gasteiger partial charge in [-0.1, -0.05) is 12.1 Å². The van der Waals surface area contributed by atoms with E-state index in [0.717, 1.165) is 22.6 Å². The Hall–Kier alpha value is -1.61. The summed E-state index contributed by atoms with van der Waals surface area (Å²) in [6.45, 7) is 8.16. The first-order chi connectivity index (χ1) is 8.00. The summed E-state index contributed by atoms with van der Waals surface area (Å²) in [5.41, 5.74) is 11.6. The third kappa shape index (κ3) is 2.11. The Balaban J connectivity index is 2.58. The summed E-state index contributed by atoms with van der Waals surface area (Å²) in [4.78, 5) is 0. The van der Waals surface area contributed by atoms with Crippen LogP contribution in [0.4, 0.5) is 0 Å². The summed E-state index contributed by atoms with van der Waals surface area (Å²) in [6.07, 6.45) is 0. The Labute approximate surface area is 102 Å². The van der Waals surface area contributed by atoms with Gasteiger partial charge in [0, 0.05) is 17.3 Å². The zero-order chi connectivity index (χ0) is 12.6. The molecule has 2 N–H and O–H groups in total. The van der Waals surface area contributed by atoms with Crippen molar-refractivity contribution in [2.75, 3.05) is 0 Å². The van der Waals surface area contributed by atoms with Gasteiger partial charge in [-0.25, -0.2) is 4.68 Å². The Kier molecular flexibility index (Phi) is 3.03. The van der Waals surface area contributed by atoms with Crippen LogP contribution in [0.3, 0.4) is 0 Å². The molecule has 0 aliphatic rings. The van der Waals surface area contributed by atoms with Crippen molar-refractivity contribution < 1.29 is 0 Å². The highest BCUT2D eigenvalue weighted by atomic mass is 15.3. The van der Waals surface area contributed by atoms with Crippen molar-refractivity contribution in [3.05, 3.63) is 46.8 Å². The number of hydrogen-bond donors (Lipinski definition) is 1. The molecule has 0 saturated heterocycles. The number of nitrogens with two attached hydrogens (primary N) is 1. The molecule has 1 unspecified atom stereocenters. The van der Waals surface area contributed by atoms with E-state index in [1.165, 1.54) is 5.56 Å². The van der Waals surface area contributed by atoms with E-state index < -0.39 is 0 Å². The molecule has 0 spiro atoms. The van der Waals surface area contributed by atoms with Crippen LogP contribution in [0, 0.1) is 20.8 Å². The molecule has 0 radical (unpaired) electrons. The molecule has 0 aliphatic carbocycles. The first kappa shape index (κ1) is 11.9. The lowest BCUT2D eigenvalue weighted by molar-refractivity contribution is 0.795. The van der Waals surface area contributed by atoms with Crippen molar-refractivity contribution in [1.29, 1.82) is 0 Å². The molecule has 0 saturated carbocycles. The zero-order valence-corrected chi connectivity index (χ0v) is 10.9. The smallest absolute Gasteiger partial charge is 0.0651 e. The molecule has 17 heavy (non-hydrogen) atoms. The zero-order valence-electron chi connectivity index (χ0n) is 10.9. The first-order valence-corrected chi connectivity index (χ1v) is 5.89. The summed E-state index contributed by atoms with van der Waals surface area (Å²) >= 11 is 0. The number of aryl methyl sites for hydroxylation is 2. The maximum atomic E-state index is 5.98. The number of nitrogens with zero attached hydrogens (tertiary/aromatic N) is 2. The molecule has 0 amide bonds. The highest BCUT2D eigenvalue weighted by Gasteiger charge is 2.15. The highest BCUT2D eigenvalue weighted by molar-refractivity contribution is 5.40. The van der Waals surface area contributed by atoms with Crippen molar-refractivity contribution >= 4 is 0 Å². The normalized spacial score (nSPS) is 12.8. The number of hydrogen-bond acceptors (Lipinski definition) is 2. The Morgan fingerprint density at radius 3 is 2.47 bits per heavy atom. The molecule has 1 aromatic carbocycles. The second-order valence-corrected chi connectivity index (χ2v) is 4.62. The van der Waals surface area contributed by atoms with Crippen molar-refractivity contribution in [3.63, 3.8) is 0 Å². The molecule has 1 atom stereocenters. The third-order valence-electron chi connectivity index (χ3n) is 3.05. The van der Waals surface area contributed by atoms with E-state index in [9.17, 15) is 0 Å². The van der Waals surface area contributed by atoms with Gasteiger partial charge in [0.2, 0.25) is 0 Å². The van der Waals surface area contributed by atoms with Gasteiger partial charge in [-0.05, 0) is 45.4 Å². The number of benzene rings is 1. The van der Waals surface area contributed by atoms with Gasteiger partial charge in [0.15, 0.2) is 0 Å². The number of aromatic nitrogens is 2. The van der Waals surface area contributed by atoms with E-state index in [4.69, 9.17) is 5.73 Å². The molecule has 90 valence electrons. The Bertz CT molecular complexity index is 538. The van der Waals surface area contributed by atoms with Gasteiger partial charge >= 0.3 is 0 Å². The molecule has 1 heterocycles. The molecular formula is C14H19N3. The highest BCUT2D eigenvalue weighted by Crippen LogP contribution is 2.22. The van der Waals surface area contributed by atoms with E-state index in [1.807, 2.05) is 24.6 Å². The van der Waals surface area contributed by atoms with E-state index in [1.54, 1.807) is 0 Å². The predicted octanol–water partition coefficient (Wildman–Crippen LogP) is 2.82. The van der Waals surface area contributed by atoms with Gasteiger partial charge in [-0.3, -0.25) is 0 Å². The molecule has 1 aromatic heterocycles. The van der Waals surface area contributed by atoms with Crippen LogP contribution < -0.4 is 5.73 Å². The molecule has 0 fully saturated rings. The van der Waals surface area contributed by atoms with Gasteiger partial charge in [0.05, 0.1) is 11.4 Å². The van der Waals surface area contributed by atoms with Gasteiger partial charge in [-0.15, -0.1) is 0 Å². The van der Waals surface area contributed by atoms with Crippen LogP contribution in [0.1, 0.15) is 35.5 Å². The number of rotatable bonds is 2. The minimum Gasteiger partial charge on any atom is -0.324 e. The maximum absolute atomic E-state index is 5.98. The molecule has 3 heteroatoms. The molecular weight excluding hydrogens is 210 g/mol. The summed E-state index contributed by atoms with van der Waals surface area (Å²) in [6, 6.07) is 8.35. The molecule has 2 rings (SSSR count). The quantitative estimate of drug-likeness (QED) is 0.860. The van der Waals surface area contributed by atoms with Crippen molar-refractivity contribution in [2.24, 2.45) is 5.73 Å². The molecule has 0 aliphatic heterocycles. The first-order valence-electron chi connectivity index (χ1n) is 5.89. The summed E-state index contributed by atoms with van der Waals surface area (Å²) in [7, 11) is 0. The third-order valence-corrected chi connectivity index (χ3v) is 3.05. The van der Waals surface area contributed by atoms with Crippen molar-refractivity contribution in [1.82, 2.24) is 9.78 Å². The maximum Gasteiger partial charge on any atom is 0.0651 e. The van der Waals surface area contributed by atoms with Crippen LogP contribution in [-0.4, -0.2) is 9.78 Å². The van der Waals surface area contributed by atoms with Crippen LogP contribution in [-0.2, 0) is 0 Å². The van der Waals surface area contributed by atoms with Gasteiger partial charge < -0.3 is 5.73 Å². The fourth-order valence-corrected chi connectivity index (χ4v) is 2.32. The van der Waals surface area contributed by atoms with Crippen molar-refractivity contribution in [3.8, 4) is 5.69 Å². The van der Waals surface area contributed by atoms with Gasteiger partial charge in [-0.2, -0.15) is 5.10 Å². The van der Waals surface area contributed by atoms with Crippen LogP contribution >= 0.6 is 0 Å². The monoisotopic (exact) mass is 229 g/mol. The summed E-state index contributed by atoms with van der Waals surface area (Å²) in [5, 5.41) is 4.58. The molecule has 0 bridgehead atoms. The Morgan fingerprint density at radius 1 is 1.24 bits per heavy atom. The largest absolute Gasteiger partial charge is 0.324 e. The predicted molar refractivity (Wildman–Crippen MR) is 70.4 cm³/mol. The fourth-order valence-electron chi connectivity index (χ4n) is 2.32. The second-order valence-electron chi connectivity index (χ2n) is 4.62. The summed E-state index contributed by atoms with van der Waals surface area (Å²) < 4.78 is 1.97. The molecule has 2 aromatic rings. The lowest BCUT2D eigenvalue weighted by atomic mass is 10.1. The van der Waals surface area contributed by atoms with Crippen LogP contribution in [0.2, 0.25) is 0 Å². The van der Waals surface area contributed by atoms with E-state index >= 15 is 0 Å². The van der Waals surface area contributed by atoms with E-state index in [-0.39, 0.29) is 6.04 Å². The fraction of sp³-hybridized carbons (Fsp3) is 0.357. The second kappa shape index (κ2) is 4.34. The standard InChI is InChI=1S/C14H19N3/c1-9-6-5-7-13(8-9)17-12(4)14(10(2)15)11(3)16-17/h5-8,10H,15H2,1-4H3. The minimum absolute atomic E-state index is 0.0218. The average molecular weight is 229 g/mol. The lowest BCUT2D eigenvalue weighted by Gasteiger charge is -2.08. The average Bonchev–Trinajstić information content (AvgIpc) is 2.54. The van der Waals surface area contributed by atoms with Gasteiger partial charge in [0.25, 0.3) is 0 Å². The summed E-state index contributed by atoms with van der Waals surface area (Å²) in [5.74, 6) is 0. The van der Waals surface area contributed by atoms with E-state index in [2.05, 4.69) is 37.1 Å². The van der Waals surface area contributed by atoms with E-state index in [0.29, 0.717) is 0 Å². The Morgan fingerprint density at radius 2 is 1.94 bits per heavy atom. The SMILES string of the molecule is Cc1cccc(-n2nc(C)c(C(C)N)c2C)c1. The van der Waals surface area contributed by atoms with Crippen molar-refractivity contribution in [2.45, 2.75) is 33.7 Å². The topological polar surface area (TPSA) is 43.8 Å². The van der Waals surface area contributed by atoms with Crippen LogP contribution in [0.15, 0.2) is 24.3 Å². The minimum atomic E-state index is 0.0218. The van der Waals surface area contributed by atoms with Crippen LogP contribution in [0.25, 0.3) is 5.69 Å². The van der Waals surface area contributed by atoms with Crippen LogP contribution in [0.5, 0.6) is 0 Å².